The molecule has 1 aromatic rings. The molecule has 0 radical (unpaired) electrons. The molecule has 4 heteroatoms. The van der Waals surface area contributed by atoms with E-state index >= 15 is 0 Å². The molecule has 1 rings (SSSR count). The van der Waals surface area contributed by atoms with E-state index in [0.717, 1.165) is 10.6 Å². The second kappa shape index (κ2) is 4.89. The second-order valence-electron chi connectivity index (χ2n) is 2.41. The molecule has 0 unspecified atom stereocenters. The molecular weight excluding hydrogens is 186 g/mol. The molecule has 0 aromatic heterocycles. The van der Waals surface area contributed by atoms with Gasteiger partial charge >= 0.3 is 0 Å². The molecule has 1 amide bonds. The van der Waals surface area contributed by atoms with Crippen LogP contribution in [0.1, 0.15) is 0 Å². The largest absolute Gasteiger partial charge is 0.387 e. The monoisotopic (exact) mass is 197 g/mol. The smallest absolute Gasteiger partial charge is 0.250 e. The standard InChI is InChI=1S/C9H11NO2S/c1-13-8-5-3-2-4-7(8)10-9(12)6-11/h2-5,11H,6H2,1H3,(H,10,12). The summed E-state index contributed by atoms with van der Waals surface area (Å²) in [5, 5.41) is 11.1. The molecule has 70 valence electrons. The summed E-state index contributed by atoms with van der Waals surface area (Å²) in [6, 6.07) is 7.46. The molecule has 3 nitrogen and oxygen atoms in total. The van der Waals surface area contributed by atoms with Gasteiger partial charge in [-0.15, -0.1) is 11.8 Å². The van der Waals surface area contributed by atoms with Crippen molar-refractivity contribution in [2.75, 3.05) is 18.2 Å². The van der Waals surface area contributed by atoms with Gasteiger partial charge in [0, 0.05) is 4.90 Å². The number of hydrogen-bond acceptors (Lipinski definition) is 3. The molecule has 0 atom stereocenters. The average Bonchev–Trinajstić information content (AvgIpc) is 2.18. The van der Waals surface area contributed by atoms with Gasteiger partial charge in [-0.05, 0) is 18.4 Å². The van der Waals surface area contributed by atoms with Crippen LogP contribution in [-0.4, -0.2) is 23.9 Å². The summed E-state index contributed by atoms with van der Waals surface area (Å²) in [6.45, 7) is -0.483. The summed E-state index contributed by atoms with van der Waals surface area (Å²) in [4.78, 5) is 11.9. The van der Waals surface area contributed by atoms with E-state index in [0.29, 0.717) is 0 Å². The van der Waals surface area contributed by atoms with E-state index in [1.807, 2.05) is 24.5 Å². The molecule has 0 bridgehead atoms. The molecule has 0 aliphatic carbocycles. The minimum absolute atomic E-state index is 0.387. The molecule has 0 saturated carbocycles. The Bertz CT molecular complexity index is 301. The van der Waals surface area contributed by atoms with E-state index in [-0.39, 0.29) is 5.91 Å². The van der Waals surface area contributed by atoms with Gasteiger partial charge in [-0.1, -0.05) is 12.1 Å². The highest BCUT2D eigenvalue weighted by molar-refractivity contribution is 7.98. The van der Waals surface area contributed by atoms with E-state index in [2.05, 4.69) is 5.32 Å². The Balaban J connectivity index is 2.81. The number of anilines is 1. The zero-order valence-electron chi connectivity index (χ0n) is 7.28. The second-order valence-corrected chi connectivity index (χ2v) is 3.25. The lowest BCUT2D eigenvalue weighted by molar-refractivity contribution is -0.118. The van der Waals surface area contributed by atoms with Crippen molar-refractivity contribution < 1.29 is 9.90 Å². The first-order chi connectivity index (χ1) is 6.27. The van der Waals surface area contributed by atoms with Gasteiger partial charge in [-0.25, -0.2) is 0 Å². The van der Waals surface area contributed by atoms with Gasteiger partial charge in [0.1, 0.15) is 6.61 Å². The SMILES string of the molecule is CSc1ccccc1NC(=O)CO. The molecule has 0 aliphatic heterocycles. The predicted octanol–water partition coefficient (Wildman–Crippen LogP) is 1.34. The van der Waals surface area contributed by atoms with Crippen molar-refractivity contribution in [3.05, 3.63) is 24.3 Å². The summed E-state index contributed by atoms with van der Waals surface area (Å²) in [7, 11) is 0. The summed E-state index contributed by atoms with van der Waals surface area (Å²) in [5.41, 5.74) is 0.744. The highest BCUT2D eigenvalue weighted by atomic mass is 32.2. The van der Waals surface area contributed by atoms with Crippen molar-refractivity contribution in [1.82, 2.24) is 0 Å². The first-order valence-electron chi connectivity index (χ1n) is 3.81. The molecule has 0 fully saturated rings. The number of rotatable bonds is 3. The third-order valence-electron chi connectivity index (χ3n) is 1.52. The lowest BCUT2D eigenvalue weighted by Gasteiger charge is -2.07. The van der Waals surface area contributed by atoms with Crippen molar-refractivity contribution in [2.24, 2.45) is 0 Å². The highest BCUT2D eigenvalue weighted by Gasteiger charge is 2.03. The summed E-state index contributed by atoms with van der Waals surface area (Å²) >= 11 is 1.55. The fourth-order valence-corrected chi connectivity index (χ4v) is 1.49. The van der Waals surface area contributed by atoms with Crippen LogP contribution in [0.2, 0.25) is 0 Å². The number of aliphatic hydroxyl groups excluding tert-OH is 1. The maximum atomic E-state index is 10.9. The fourth-order valence-electron chi connectivity index (χ4n) is 0.938. The molecule has 0 saturated heterocycles. The van der Waals surface area contributed by atoms with Crippen LogP contribution in [0.5, 0.6) is 0 Å². The van der Waals surface area contributed by atoms with Crippen LogP contribution >= 0.6 is 11.8 Å². The van der Waals surface area contributed by atoms with Crippen molar-refractivity contribution in [1.29, 1.82) is 0 Å². The Morgan fingerprint density at radius 1 is 1.54 bits per heavy atom. The van der Waals surface area contributed by atoms with E-state index < -0.39 is 6.61 Å². The molecular formula is C9H11NO2S. The van der Waals surface area contributed by atoms with Gasteiger partial charge in [0.05, 0.1) is 5.69 Å². The maximum Gasteiger partial charge on any atom is 0.250 e. The maximum absolute atomic E-state index is 10.9. The first-order valence-corrected chi connectivity index (χ1v) is 5.04. The Morgan fingerprint density at radius 2 is 2.23 bits per heavy atom. The zero-order valence-corrected chi connectivity index (χ0v) is 8.10. The van der Waals surface area contributed by atoms with Crippen molar-refractivity contribution in [2.45, 2.75) is 4.90 Å². The minimum Gasteiger partial charge on any atom is -0.387 e. The Kier molecular flexibility index (Phi) is 3.79. The fraction of sp³-hybridized carbons (Fsp3) is 0.222. The van der Waals surface area contributed by atoms with Crippen LogP contribution in [-0.2, 0) is 4.79 Å². The topological polar surface area (TPSA) is 49.3 Å². The van der Waals surface area contributed by atoms with Gasteiger partial charge in [0.2, 0.25) is 5.91 Å². The molecule has 13 heavy (non-hydrogen) atoms. The Hall–Kier alpha value is -1.00. The van der Waals surface area contributed by atoms with Crippen LogP contribution in [0.4, 0.5) is 5.69 Å². The predicted molar refractivity (Wildman–Crippen MR) is 53.9 cm³/mol. The average molecular weight is 197 g/mol. The van der Waals surface area contributed by atoms with Gasteiger partial charge < -0.3 is 10.4 Å². The molecule has 0 heterocycles. The third-order valence-corrected chi connectivity index (χ3v) is 2.32. The quantitative estimate of drug-likeness (QED) is 0.719. The number of nitrogens with one attached hydrogen (secondary N) is 1. The zero-order chi connectivity index (χ0) is 9.68. The Labute approximate surface area is 81.2 Å². The normalized spacial score (nSPS) is 9.69. The van der Waals surface area contributed by atoms with E-state index in [4.69, 9.17) is 5.11 Å². The number of benzene rings is 1. The number of carbonyl (C=O) groups excluding carboxylic acids is 1. The Morgan fingerprint density at radius 3 is 2.85 bits per heavy atom. The van der Waals surface area contributed by atoms with Gasteiger partial charge in [-0.2, -0.15) is 0 Å². The van der Waals surface area contributed by atoms with Crippen molar-refractivity contribution in [3.8, 4) is 0 Å². The van der Waals surface area contributed by atoms with E-state index in [9.17, 15) is 4.79 Å². The minimum atomic E-state index is -0.483. The number of para-hydroxylation sites is 1. The molecule has 0 spiro atoms. The van der Waals surface area contributed by atoms with E-state index in [1.54, 1.807) is 17.8 Å². The van der Waals surface area contributed by atoms with E-state index in [1.165, 1.54) is 0 Å². The number of aliphatic hydroxyl groups is 1. The van der Waals surface area contributed by atoms with Crippen LogP contribution in [0.15, 0.2) is 29.2 Å². The lowest BCUT2D eigenvalue weighted by atomic mass is 10.3. The van der Waals surface area contributed by atoms with Gasteiger partial charge in [-0.3, -0.25) is 4.79 Å². The number of amides is 1. The molecule has 1 aromatic carbocycles. The number of thioether (sulfide) groups is 1. The lowest BCUT2D eigenvalue weighted by Crippen LogP contribution is -2.15. The first kappa shape index (κ1) is 10.1. The summed E-state index contributed by atoms with van der Waals surface area (Å²) < 4.78 is 0. The van der Waals surface area contributed by atoms with Crippen LogP contribution in [0, 0.1) is 0 Å². The van der Waals surface area contributed by atoms with Crippen molar-refractivity contribution >= 4 is 23.4 Å². The van der Waals surface area contributed by atoms with Gasteiger partial charge in [0.25, 0.3) is 0 Å². The van der Waals surface area contributed by atoms with Crippen LogP contribution in [0.3, 0.4) is 0 Å². The number of carbonyl (C=O) groups is 1. The van der Waals surface area contributed by atoms with Crippen LogP contribution < -0.4 is 5.32 Å². The highest BCUT2D eigenvalue weighted by Crippen LogP contribution is 2.24. The van der Waals surface area contributed by atoms with Gasteiger partial charge in [0.15, 0.2) is 0 Å². The van der Waals surface area contributed by atoms with Crippen LogP contribution in [0.25, 0.3) is 0 Å². The summed E-state index contributed by atoms with van der Waals surface area (Å²) in [6.07, 6.45) is 1.93. The van der Waals surface area contributed by atoms with Crippen molar-refractivity contribution in [3.63, 3.8) is 0 Å². The molecule has 0 aliphatic rings. The molecule has 2 N–H and O–H groups in total. The number of hydrogen-bond donors (Lipinski definition) is 2. The summed E-state index contributed by atoms with van der Waals surface area (Å²) in [5.74, 6) is -0.387. The third kappa shape index (κ3) is 2.75.